The Hall–Kier alpha value is -0.860. The third kappa shape index (κ3) is 3.72. The average Bonchev–Trinajstić information content (AvgIpc) is 3.11. The molecule has 0 atom stereocenters. The molecule has 1 aliphatic carbocycles. The molecule has 0 unspecified atom stereocenters. The lowest BCUT2D eigenvalue weighted by Crippen LogP contribution is -2.08. The maximum Gasteiger partial charge on any atom is 0.316 e. The van der Waals surface area contributed by atoms with Gasteiger partial charge in [0.2, 0.25) is 0 Å². The second-order valence-electron chi connectivity index (χ2n) is 5.06. The number of hydrogen-bond acceptors (Lipinski definition) is 6. The quantitative estimate of drug-likeness (QED) is 0.517. The van der Waals surface area contributed by atoms with Gasteiger partial charge in [0.1, 0.15) is 11.3 Å². The van der Waals surface area contributed by atoms with Crippen molar-refractivity contribution in [3.8, 4) is 5.00 Å². The number of carbonyl (C=O) groups excluding carboxylic acids is 1. The molecule has 0 radical (unpaired) electrons. The predicted molar refractivity (Wildman–Crippen MR) is 90.9 cm³/mol. The summed E-state index contributed by atoms with van der Waals surface area (Å²) in [7, 11) is 0. The molecule has 0 aliphatic heterocycles. The van der Waals surface area contributed by atoms with Crippen LogP contribution in [0.15, 0.2) is 22.0 Å². The first-order valence-electron chi connectivity index (χ1n) is 7.17. The van der Waals surface area contributed by atoms with Crippen LogP contribution in [0.4, 0.5) is 0 Å². The van der Waals surface area contributed by atoms with Crippen molar-refractivity contribution in [3.05, 3.63) is 21.7 Å². The van der Waals surface area contributed by atoms with E-state index in [0.29, 0.717) is 17.7 Å². The second-order valence-corrected chi connectivity index (χ2v) is 7.92. The molecule has 22 heavy (non-hydrogen) atoms. The molecule has 1 fully saturated rings. The fraction of sp³-hybridized carbons (Fsp3) is 0.500. The number of thioether (sulfide) groups is 1. The SMILES string of the molecule is CCCOC(=O)CSc1nncn1-c1cc(Br)c(C2CC2)s1. The van der Waals surface area contributed by atoms with Crippen molar-refractivity contribution in [2.24, 2.45) is 0 Å². The van der Waals surface area contributed by atoms with E-state index in [1.54, 1.807) is 17.7 Å². The average molecular weight is 402 g/mol. The molecule has 0 aromatic carbocycles. The van der Waals surface area contributed by atoms with Gasteiger partial charge in [0.15, 0.2) is 5.16 Å². The van der Waals surface area contributed by atoms with Crippen LogP contribution in [0.25, 0.3) is 5.00 Å². The van der Waals surface area contributed by atoms with Crippen LogP contribution in [0.3, 0.4) is 0 Å². The van der Waals surface area contributed by atoms with Gasteiger partial charge in [0, 0.05) is 9.35 Å². The Bertz CT molecular complexity index is 667. The first-order valence-corrected chi connectivity index (χ1v) is 9.76. The minimum Gasteiger partial charge on any atom is -0.465 e. The number of ether oxygens (including phenoxy) is 1. The summed E-state index contributed by atoms with van der Waals surface area (Å²) in [5.74, 6) is 0.734. The fourth-order valence-electron chi connectivity index (χ4n) is 1.97. The standard InChI is InChI=1S/C14H16BrN3O2S2/c1-2-5-20-12(19)7-21-14-17-16-8-18(14)11-6-10(15)13(22-11)9-3-4-9/h6,8-9H,2-5,7H2,1H3. The lowest BCUT2D eigenvalue weighted by atomic mass is 10.3. The zero-order valence-electron chi connectivity index (χ0n) is 12.1. The third-order valence-corrected chi connectivity index (χ3v) is 6.32. The minimum absolute atomic E-state index is 0.215. The Morgan fingerprint density at radius 1 is 1.59 bits per heavy atom. The largest absolute Gasteiger partial charge is 0.465 e. The van der Waals surface area contributed by atoms with Gasteiger partial charge in [-0.05, 0) is 47.2 Å². The Balaban J connectivity index is 1.69. The predicted octanol–water partition coefficient (Wildman–Crippen LogP) is 4.01. The Kier molecular flexibility index (Phi) is 5.20. The van der Waals surface area contributed by atoms with Gasteiger partial charge in [-0.15, -0.1) is 21.5 Å². The fourth-order valence-corrected chi connectivity index (χ4v) is 4.87. The zero-order chi connectivity index (χ0) is 15.5. The van der Waals surface area contributed by atoms with Crippen LogP contribution in [0, 0.1) is 0 Å². The second kappa shape index (κ2) is 7.14. The molecule has 0 amide bonds. The van der Waals surface area contributed by atoms with Gasteiger partial charge in [-0.25, -0.2) is 0 Å². The summed E-state index contributed by atoms with van der Waals surface area (Å²) in [4.78, 5) is 13.0. The Morgan fingerprint density at radius 2 is 2.41 bits per heavy atom. The van der Waals surface area contributed by atoms with Crippen LogP contribution in [-0.2, 0) is 9.53 Å². The lowest BCUT2D eigenvalue weighted by Gasteiger charge is -2.04. The molecule has 2 heterocycles. The smallest absolute Gasteiger partial charge is 0.316 e. The van der Waals surface area contributed by atoms with E-state index in [-0.39, 0.29) is 11.7 Å². The summed E-state index contributed by atoms with van der Waals surface area (Å²) in [6.07, 6.45) is 5.06. The Morgan fingerprint density at radius 3 is 3.14 bits per heavy atom. The summed E-state index contributed by atoms with van der Waals surface area (Å²) in [6, 6.07) is 2.10. The van der Waals surface area contributed by atoms with Gasteiger partial charge >= 0.3 is 5.97 Å². The molecule has 2 aromatic heterocycles. The van der Waals surface area contributed by atoms with E-state index in [2.05, 4.69) is 32.2 Å². The van der Waals surface area contributed by atoms with E-state index < -0.39 is 0 Å². The molecule has 0 N–H and O–H groups in total. The van der Waals surface area contributed by atoms with Crippen molar-refractivity contribution in [1.29, 1.82) is 0 Å². The summed E-state index contributed by atoms with van der Waals surface area (Å²) in [5, 5.41) is 9.86. The lowest BCUT2D eigenvalue weighted by molar-refractivity contribution is -0.140. The molecule has 2 aromatic rings. The van der Waals surface area contributed by atoms with Crippen molar-refractivity contribution in [3.63, 3.8) is 0 Å². The van der Waals surface area contributed by atoms with Gasteiger partial charge in [-0.2, -0.15) is 0 Å². The monoisotopic (exact) mass is 401 g/mol. The van der Waals surface area contributed by atoms with E-state index in [1.807, 2.05) is 11.5 Å². The molecule has 1 saturated carbocycles. The molecule has 0 bridgehead atoms. The molecule has 0 spiro atoms. The molecule has 0 saturated heterocycles. The van der Waals surface area contributed by atoms with Crippen molar-refractivity contribution >= 4 is 45.0 Å². The third-order valence-electron chi connectivity index (χ3n) is 3.19. The van der Waals surface area contributed by atoms with Crippen molar-refractivity contribution in [1.82, 2.24) is 14.8 Å². The summed E-state index contributed by atoms with van der Waals surface area (Å²) >= 11 is 6.74. The van der Waals surface area contributed by atoms with Crippen LogP contribution in [-0.4, -0.2) is 33.1 Å². The van der Waals surface area contributed by atoms with Crippen LogP contribution in [0.5, 0.6) is 0 Å². The molecular weight excluding hydrogens is 386 g/mol. The molecule has 1 aliphatic rings. The highest BCUT2D eigenvalue weighted by Gasteiger charge is 2.28. The first kappa shape index (κ1) is 16.0. The van der Waals surface area contributed by atoms with Crippen molar-refractivity contribution in [2.75, 3.05) is 12.4 Å². The molecule has 5 nitrogen and oxygen atoms in total. The summed E-state index contributed by atoms with van der Waals surface area (Å²) in [5.41, 5.74) is 0. The van der Waals surface area contributed by atoms with E-state index in [0.717, 1.165) is 15.9 Å². The highest BCUT2D eigenvalue weighted by Crippen LogP contribution is 2.48. The number of esters is 1. The number of halogens is 1. The van der Waals surface area contributed by atoms with Crippen LogP contribution in [0.1, 0.15) is 37.0 Å². The topological polar surface area (TPSA) is 57.0 Å². The maximum atomic E-state index is 11.6. The molecular formula is C14H16BrN3O2S2. The van der Waals surface area contributed by atoms with Crippen molar-refractivity contribution in [2.45, 2.75) is 37.3 Å². The van der Waals surface area contributed by atoms with Gasteiger partial charge < -0.3 is 4.74 Å². The summed E-state index contributed by atoms with van der Waals surface area (Å²) in [6.45, 7) is 2.44. The number of thiophene rings is 1. The van der Waals surface area contributed by atoms with Gasteiger partial charge in [0.25, 0.3) is 0 Å². The normalized spacial score (nSPS) is 14.3. The van der Waals surface area contributed by atoms with E-state index in [1.165, 1.54) is 29.5 Å². The zero-order valence-corrected chi connectivity index (χ0v) is 15.3. The highest BCUT2D eigenvalue weighted by atomic mass is 79.9. The van der Waals surface area contributed by atoms with Crippen LogP contribution in [0.2, 0.25) is 0 Å². The maximum absolute atomic E-state index is 11.6. The Labute approximate surface area is 145 Å². The van der Waals surface area contributed by atoms with E-state index in [4.69, 9.17) is 4.74 Å². The van der Waals surface area contributed by atoms with E-state index >= 15 is 0 Å². The molecule has 8 heteroatoms. The van der Waals surface area contributed by atoms with Crippen LogP contribution >= 0.6 is 39.0 Å². The number of rotatable bonds is 7. The molecule has 118 valence electrons. The minimum atomic E-state index is -0.215. The number of aromatic nitrogens is 3. The molecule has 3 rings (SSSR count). The number of nitrogens with zero attached hydrogens (tertiary/aromatic N) is 3. The number of hydrogen-bond donors (Lipinski definition) is 0. The highest BCUT2D eigenvalue weighted by molar-refractivity contribution is 9.10. The van der Waals surface area contributed by atoms with Crippen molar-refractivity contribution < 1.29 is 9.53 Å². The van der Waals surface area contributed by atoms with Gasteiger partial charge in [0.05, 0.1) is 12.4 Å². The van der Waals surface area contributed by atoms with Gasteiger partial charge in [-0.1, -0.05) is 18.7 Å². The van der Waals surface area contributed by atoms with Gasteiger partial charge in [-0.3, -0.25) is 9.36 Å². The van der Waals surface area contributed by atoms with E-state index in [9.17, 15) is 4.79 Å². The van der Waals surface area contributed by atoms with Crippen LogP contribution < -0.4 is 0 Å². The first-order chi connectivity index (χ1) is 10.7. The number of carbonyl (C=O) groups is 1. The summed E-state index contributed by atoms with van der Waals surface area (Å²) < 4.78 is 8.16.